The zero-order valence-corrected chi connectivity index (χ0v) is 22.5. The van der Waals surface area contributed by atoms with Gasteiger partial charge >= 0.3 is 0 Å². The quantitative estimate of drug-likeness (QED) is 0.188. The molecule has 0 aliphatic heterocycles. The van der Waals surface area contributed by atoms with Gasteiger partial charge in [0.15, 0.2) is 0 Å². The Hall–Kier alpha value is -3.31. The number of carbonyl (C=O) groups is 1. The minimum Gasteiger partial charge on any atom is -0.494 e. The molecule has 0 aliphatic carbocycles. The van der Waals surface area contributed by atoms with Gasteiger partial charge in [-0.25, -0.2) is 4.98 Å². The second kappa shape index (κ2) is 13.3. The van der Waals surface area contributed by atoms with Gasteiger partial charge in [0, 0.05) is 19.5 Å². The molecule has 0 radical (unpaired) electrons. The molecule has 4 aromatic rings. The Morgan fingerprint density at radius 1 is 0.946 bits per heavy atom. The molecule has 1 N–H and O–H groups in total. The van der Waals surface area contributed by atoms with Gasteiger partial charge in [0.2, 0.25) is 0 Å². The van der Waals surface area contributed by atoms with Crippen LogP contribution < -0.4 is 10.1 Å². The summed E-state index contributed by atoms with van der Waals surface area (Å²) in [4.78, 5) is 17.2. The van der Waals surface area contributed by atoms with Crippen molar-refractivity contribution in [1.29, 1.82) is 0 Å². The van der Waals surface area contributed by atoms with Crippen molar-refractivity contribution in [2.45, 2.75) is 58.4 Å². The second-order valence-corrected chi connectivity index (χ2v) is 10.0. The highest BCUT2D eigenvalue weighted by Gasteiger charge is 2.11. The first kappa shape index (κ1) is 26.7. The highest BCUT2D eigenvalue weighted by Crippen LogP contribution is 2.21. The van der Waals surface area contributed by atoms with Gasteiger partial charge in [0.1, 0.15) is 11.6 Å². The van der Waals surface area contributed by atoms with E-state index >= 15 is 0 Å². The average molecular weight is 518 g/mol. The third-order valence-electron chi connectivity index (χ3n) is 6.56. The minimum atomic E-state index is -0.120. The Bertz CT molecular complexity index is 1300. The van der Waals surface area contributed by atoms with Crippen LogP contribution in [0.2, 0.25) is 5.02 Å². The number of aromatic nitrogens is 2. The first-order valence-corrected chi connectivity index (χ1v) is 13.6. The number of hydrogen-bond acceptors (Lipinski definition) is 3. The van der Waals surface area contributed by atoms with Gasteiger partial charge in [-0.05, 0) is 67.1 Å². The molecule has 0 aliphatic rings. The summed E-state index contributed by atoms with van der Waals surface area (Å²) in [6.45, 7) is 6.56. The molecule has 4 rings (SSSR count). The molecule has 1 heterocycles. The second-order valence-electron chi connectivity index (χ2n) is 9.64. The third-order valence-corrected chi connectivity index (χ3v) is 6.89. The van der Waals surface area contributed by atoms with Crippen LogP contribution >= 0.6 is 11.6 Å². The molecule has 37 heavy (non-hydrogen) atoms. The van der Waals surface area contributed by atoms with E-state index < -0.39 is 0 Å². The number of amides is 1. The maximum absolute atomic E-state index is 12.3. The van der Waals surface area contributed by atoms with Crippen LogP contribution in [0.1, 0.15) is 67.2 Å². The van der Waals surface area contributed by atoms with E-state index in [-0.39, 0.29) is 5.91 Å². The Labute approximate surface area is 224 Å². The monoisotopic (exact) mass is 517 g/mol. The Balaban J connectivity index is 1.24. The molecule has 0 bridgehead atoms. The predicted molar refractivity (Wildman–Crippen MR) is 152 cm³/mol. The average Bonchev–Trinajstić information content (AvgIpc) is 3.26. The molecule has 0 fully saturated rings. The summed E-state index contributed by atoms with van der Waals surface area (Å²) >= 11 is 6.11. The van der Waals surface area contributed by atoms with Crippen LogP contribution in [-0.4, -0.2) is 28.6 Å². The number of fused-ring (bicyclic) bond motifs is 1. The van der Waals surface area contributed by atoms with Crippen LogP contribution in [0.15, 0.2) is 72.8 Å². The van der Waals surface area contributed by atoms with Crippen molar-refractivity contribution in [2.24, 2.45) is 0 Å². The molecule has 3 aromatic carbocycles. The number of para-hydroxylation sites is 2. The number of nitrogens with one attached hydrogen (secondary N) is 1. The van der Waals surface area contributed by atoms with Gasteiger partial charge in [-0.1, -0.05) is 68.3 Å². The lowest BCUT2D eigenvalue weighted by Gasteiger charge is -2.11. The van der Waals surface area contributed by atoms with E-state index in [9.17, 15) is 4.79 Å². The van der Waals surface area contributed by atoms with Gasteiger partial charge < -0.3 is 14.6 Å². The largest absolute Gasteiger partial charge is 0.494 e. The van der Waals surface area contributed by atoms with Gasteiger partial charge in [-0.15, -0.1) is 0 Å². The number of rotatable bonds is 13. The lowest BCUT2D eigenvalue weighted by molar-refractivity contribution is 0.0953. The van der Waals surface area contributed by atoms with Crippen LogP contribution in [0.5, 0.6) is 5.75 Å². The van der Waals surface area contributed by atoms with Crippen LogP contribution in [-0.2, 0) is 13.0 Å². The third kappa shape index (κ3) is 7.36. The lowest BCUT2D eigenvalue weighted by Crippen LogP contribution is -2.24. The number of aryl methyl sites for hydroxylation is 2. The standard InChI is InChI=1S/C31H36ClN3O2/c1-23(2)24-16-18-25(19-17-24)37-22-10-21-35-29-14-8-7-13-28(29)34-30(35)15-4-3-9-20-33-31(36)26-11-5-6-12-27(26)32/h5-8,11-14,16-19,23H,3-4,9-10,15,20-22H2,1-2H3,(H,33,36). The van der Waals surface area contributed by atoms with Crippen molar-refractivity contribution >= 4 is 28.5 Å². The van der Waals surface area contributed by atoms with Gasteiger partial charge in [0.05, 0.1) is 28.2 Å². The molecule has 0 saturated heterocycles. The van der Waals surface area contributed by atoms with E-state index in [4.69, 9.17) is 21.3 Å². The van der Waals surface area contributed by atoms with Crippen molar-refractivity contribution in [2.75, 3.05) is 13.2 Å². The Kier molecular flexibility index (Phi) is 9.61. The topological polar surface area (TPSA) is 56.1 Å². The van der Waals surface area contributed by atoms with Gasteiger partial charge in [-0.2, -0.15) is 0 Å². The number of nitrogens with zero attached hydrogens (tertiary/aromatic N) is 2. The van der Waals surface area contributed by atoms with E-state index in [1.54, 1.807) is 12.1 Å². The molecule has 5 nitrogen and oxygen atoms in total. The maximum Gasteiger partial charge on any atom is 0.252 e. The first-order chi connectivity index (χ1) is 18.0. The van der Waals surface area contributed by atoms with Crippen molar-refractivity contribution in [3.05, 3.63) is 94.8 Å². The summed E-state index contributed by atoms with van der Waals surface area (Å²) < 4.78 is 8.33. The fraction of sp³-hybridized carbons (Fsp3) is 0.355. The first-order valence-electron chi connectivity index (χ1n) is 13.2. The van der Waals surface area contributed by atoms with Crippen LogP contribution in [0, 0.1) is 0 Å². The number of hydrogen-bond donors (Lipinski definition) is 1. The molecular formula is C31H36ClN3O2. The van der Waals surface area contributed by atoms with Gasteiger partial charge in [0.25, 0.3) is 5.91 Å². The molecular weight excluding hydrogens is 482 g/mol. The molecule has 0 atom stereocenters. The minimum absolute atomic E-state index is 0.120. The van der Waals surface area contributed by atoms with Crippen molar-refractivity contribution < 1.29 is 9.53 Å². The normalized spacial score (nSPS) is 11.2. The van der Waals surface area contributed by atoms with E-state index in [1.165, 1.54) is 11.1 Å². The SMILES string of the molecule is CC(C)c1ccc(OCCCn2c(CCCCCNC(=O)c3ccccc3Cl)nc3ccccc32)cc1. The number of carbonyl (C=O) groups excluding carboxylic acids is 1. The summed E-state index contributed by atoms with van der Waals surface area (Å²) in [5.41, 5.74) is 4.06. The van der Waals surface area contributed by atoms with Crippen molar-refractivity contribution in [3.63, 3.8) is 0 Å². The highest BCUT2D eigenvalue weighted by atomic mass is 35.5. The molecule has 0 unspecified atom stereocenters. The Morgan fingerprint density at radius 2 is 1.70 bits per heavy atom. The van der Waals surface area contributed by atoms with E-state index in [2.05, 4.69) is 66.2 Å². The van der Waals surface area contributed by atoms with E-state index in [0.717, 1.165) is 55.7 Å². The zero-order valence-electron chi connectivity index (χ0n) is 21.8. The molecule has 1 amide bonds. The maximum atomic E-state index is 12.3. The summed E-state index contributed by atoms with van der Waals surface area (Å²) in [6, 6.07) is 23.9. The van der Waals surface area contributed by atoms with E-state index in [1.807, 2.05) is 18.2 Å². The highest BCUT2D eigenvalue weighted by molar-refractivity contribution is 6.33. The van der Waals surface area contributed by atoms with E-state index in [0.29, 0.717) is 29.7 Å². The van der Waals surface area contributed by atoms with Crippen LogP contribution in [0.25, 0.3) is 11.0 Å². The summed E-state index contributed by atoms with van der Waals surface area (Å²) in [7, 11) is 0. The summed E-state index contributed by atoms with van der Waals surface area (Å²) in [5.74, 6) is 2.43. The summed E-state index contributed by atoms with van der Waals surface area (Å²) in [5, 5.41) is 3.45. The fourth-order valence-corrected chi connectivity index (χ4v) is 4.68. The molecule has 194 valence electrons. The number of unbranched alkanes of at least 4 members (excludes halogenated alkanes) is 2. The predicted octanol–water partition coefficient (Wildman–Crippen LogP) is 7.43. The Morgan fingerprint density at radius 3 is 2.49 bits per heavy atom. The van der Waals surface area contributed by atoms with Crippen molar-refractivity contribution in [3.8, 4) is 5.75 Å². The van der Waals surface area contributed by atoms with Crippen molar-refractivity contribution in [1.82, 2.24) is 14.9 Å². The lowest BCUT2D eigenvalue weighted by atomic mass is 10.0. The molecule has 1 aromatic heterocycles. The molecule has 0 spiro atoms. The number of benzene rings is 3. The molecule has 0 saturated carbocycles. The number of imidazole rings is 1. The zero-order chi connectivity index (χ0) is 26.0. The fourth-order valence-electron chi connectivity index (χ4n) is 4.45. The van der Waals surface area contributed by atoms with Gasteiger partial charge in [-0.3, -0.25) is 4.79 Å². The smallest absolute Gasteiger partial charge is 0.252 e. The number of ether oxygens (including phenoxy) is 1. The van der Waals surface area contributed by atoms with Crippen LogP contribution in [0.3, 0.4) is 0 Å². The molecule has 6 heteroatoms. The van der Waals surface area contributed by atoms with Crippen LogP contribution in [0.4, 0.5) is 0 Å². The summed E-state index contributed by atoms with van der Waals surface area (Å²) in [6.07, 6.45) is 4.77. The number of halogens is 1.